The van der Waals surface area contributed by atoms with Gasteiger partial charge < -0.3 is 5.32 Å². The highest BCUT2D eigenvalue weighted by Crippen LogP contribution is 2.36. The number of halogens is 4. The first-order valence-corrected chi connectivity index (χ1v) is 9.07. The Balaban J connectivity index is 2.04. The lowest BCUT2D eigenvalue weighted by Crippen LogP contribution is -2.18. The molecule has 0 fully saturated rings. The minimum Gasteiger partial charge on any atom is -0.326 e. The van der Waals surface area contributed by atoms with Gasteiger partial charge in [-0.25, -0.2) is 8.42 Å². The van der Waals surface area contributed by atoms with E-state index in [0.717, 1.165) is 6.07 Å². The second-order valence-electron chi connectivity index (χ2n) is 5.12. The van der Waals surface area contributed by atoms with Crippen molar-refractivity contribution in [3.05, 3.63) is 59.1 Å². The second-order valence-corrected chi connectivity index (χ2v) is 7.64. The van der Waals surface area contributed by atoms with Crippen molar-refractivity contribution >= 4 is 33.0 Å². The summed E-state index contributed by atoms with van der Waals surface area (Å²) in [5.41, 5.74) is -1.19. The van der Waals surface area contributed by atoms with Gasteiger partial charge in [0.15, 0.2) is 9.84 Å². The van der Waals surface area contributed by atoms with Crippen LogP contribution in [-0.2, 0) is 20.8 Å². The minimum absolute atomic E-state index is 0.0775. The molecule has 2 rings (SSSR count). The maximum Gasteiger partial charge on any atom is 0.417 e. The third-order valence-corrected chi connectivity index (χ3v) is 5.32. The fourth-order valence-electron chi connectivity index (χ4n) is 2.02. The quantitative estimate of drug-likeness (QED) is 0.832. The van der Waals surface area contributed by atoms with Crippen LogP contribution in [0, 0.1) is 0 Å². The van der Waals surface area contributed by atoms with Gasteiger partial charge in [-0.2, -0.15) is 13.2 Å². The summed E-state index contributed by atoms with van der Waals surface area (Å²) in [7, 11) is -3.65. The molecule has 25 heavy (non-hydrogen) atoms. The zero-order chi connectivity index (χ0) is 18.7. The number of nitrogens with one attached hydrogen (secondary N) is 1. The zero-order valence-electron chi connectivity index (χ0n) is 12.7. The molecule has 0 aromatic heterocycles. The molecule has 1 N–H and O–H groups in total. The largest absolute Gasteiger partial charge is 0.417 e. The van der Waals surface area contributed by atoms with E-state index in [4.69, 9.17) is 11.6 Å². The number of alkyl halides is 3. The topological polar surface area (TPSA) is 63.2 Å². The van der Waals surface area contributed by atoms with Crippen molar-refractivity contribution in [2.24, 2.45) is 0 Å². The Bertz CT molecular complexity index is 868. The molecule has 0 heterocycles. The van der Waals surface area contributed by atoms with Gasteiger partial charge >= 0.3 is 6.18 Å². The van der Waals surface area contributed by atoms with E-state index >= 15 is 0 Å². The SMILES string of the molecule is O=C(CCS(=O)(=O)c1ccccc1)Nc1ccc(Cl)c(C(F)(F)F)c1. The maximum atomic E-state index is 12.8. The Kier molecular flexibility index (Phi) is 5.74. The van der Waals surface area contributed by atoms with E-state index in [2.05, 4.69) is 5.32 Å². The molecule has 0 radical (unpaired) electrons. The molecule has 0 aliphatic heterocycles. The predicted molar refractivity (Wildman–Crippen MR) is 88.2 cm³/mol. The molecule has 0 aliphatic carbocycles. The van der Waals surface area contributed by atoms with Crippen molar-refractivity contribution in [2.75, 3.05) is 11.1 Å². The van der Waals surface area contributed by atoms with Gasteiger partial charge in [-0.15, -0.1) is 0 Å². The van der Waals surface area contributed by atoms with Crippen LogP contribution in [0.5, 0.6) is 0 Å². The van der Waals surface area contributed by atoms with E-state index in [1.165, 1.54) is 18.2 Å². The summed E-state index contributed by atoms with van der Waals surface area (Å²) in [5.74, 6) is -1.17. The van der Waals surface area contributed by atoms with Crippen molar-refractivity contribution in [1.82, 2.24) is 0 Å². The van der Waals surface area contributed by atoms with E-state index in [1.807, 2.05) is 0 Å². The highest BCUT2D eigenvalue weighted by molar-refractivity contribution is 7.91. The fraction of sp³-hybridized carbons (Fsp3) is 0.188. The number of benzene rings is 2. The van der Waals surface area contributed by atoms with E-state index < -0.39 is 38.3 Å². The molecule has 0 spiro atoms. The molecule has 4 nitrogen and oxygen atoms in total. The first-order chi connectivity index (χ1) is 11.6. The lowest BCUT2D eigenvalue weighted by Gasteiger charge is -2.12. The third-order valence-electron chi connectivity index (χ3n) is 3.26. The number of rotatable bonds is 5. The van der Waals surface area contributed by atoms with E-state index in [1.54, 1.807) is 18.2 Å². The first kappa shape index (κ1) is 19.3. The van der Waals surface area contributed by atoms with Crippen LogP contribution in [0.1, 0.15) is 12.0 Å². The molecule has 9 heteroatoms. The lowest BCUT2D eigenvalue weighted by atomic mass is 10.2. The van der Waals surface area contributed by atoms with Gasteiger partial charge in [0, 0.05) is 12.1 Å². The average Bonchev–Trinajstić information content (AvgIpc) is 2.55. The molecule has 0 aliphatic rings. The molecule has 2 aromatic carbocycles. The molecule has 0 atom stereocenters. The number of hydrogen-bond acceptors (Lipinski definition) is 3. The summed E-state index contributed by atoms with van der Waals surface area (Å²) in [4.78, 5) is 11.9. The Hall–Kier alpha value is -2.06. The third kappa shape index (κ3) is 5.20. The van der Waals surface area contributed by atoms with Gasteiger partial charge in [-0.1, -0.05) is 29.8 Å². The Morgan fingerprint density at radius 3 is 2.32 bits per heavy atom. The van der Waals surface area contributed by atoms with Crippen molar-refractivity contribution in [3.8, 4) is 0 Å². The van der Waals surface area contributed by atoms with Gasteiger partial charge in [-0.3, -0.25) is 4.79 Å². The van der Waals surface area contributed by atoms with Gasteiger partial charge in [-0.05, 0) is 30.3 Å². The summed E-state index contributed by atoms with van der Waals surface area (Å²) >= 11 is 5.49. The molecule has 0 saturated carbocycles. The van der Waals surface area contributed by atoms with E-state index in [9.17, 15) is 26.4 Å². The standard InChI is InChI=1S/C16H13ClF3NO3S/c17-14-7-6-11(10-13(14)16(18,19)20)21-15(22)8-9-25(23,24)12-4-2-1-3-5-12/h1-7,10H,8-9H2,(H,21,22). The molecular formula is C16H13ClF3NO3S. The number of hydrogen-bond donors (Lipinski definition) is 1. The van der Waals surface area contributed by atoms with E-state index in [-0.39, 0.29) is 17.0 Å². The van der Waals surface area contributed by atoms with Crippen molar-refractivity contribution in [1.29, 1.82) is 0 Å². The Labute approximate surface area is 147 Å². The minimum atomic E-state index is -4.66. The lowest BCUT2D eigenvalue weighted by molar-refractivity contribution is -0.137. The molecule has 2 aromatic rings. The molecule has 0 bridgehead atoms. The predicted octanol–water partition coefficient (Wildman–Crippen LogP) is 4.16. The second kappa shape index (κ2) is 7.45. The summed E-state index contributed by atoms with van der Waals surface area (Å²) in [6.45, 7) is 0. The van der Waals surface area contributed by atoms with Gasteiger partial charge in [0.2, 0.25) is 5.91 Å². The smallest absolute Gasteiger partial charge is 0.326 e. The molecule has 0 unspecified atom stereocenters. The average molecular weight is 392 g/mol. The van der Waals surface area contributed by atoms with Crippen LogP contribution in [0.25, 0.3) is 0 Å². The normalized spacial score (nSPS) is 12.0. The highest BCUT2D eigenvalue weighted by atomic mass is 35.5. The van der Waals surface area contributed by atoms with Crippen LogP contribution in [0.3, 0.4) is 0 Å². The van der Waals surface area contributed by atoms with Gasteiger partial charge in [0.05, 0.1) is 21.2 Å². The zero-order valence-corrected chi connectivity index (χ0v) is 14.3. The number of anilines is 1. The van der Waals surface area contributed by atoms with Crippen LogP contribution in [0.4, 0.5) is 18.9 Å². The van der Waals surface area contributed by atoms with Crippen LogP contribution in [0.15, 0.2) is 53.4 Å². The number of sulfone groups is 1. The summed E-state index contributed by atoms with van der Waals surface area (Å²) in [5, 5.41) is 1.75. The van der Waals surface area contributed by atoms with Crippen LogP contribution in [0.2, 0.25) is 5.02 Å². The molecule has 0 saturated heterocycles. The molecule has 134 valence electrons. The number of carbonyl (C=O) groups excluding carboxylic acids is 1. The first-order valence-electron chi connectivity index (χ1n) is 7.04. The number of amides is 1. The van der Waals surface area contributed by atoms with Gasteiger partial charge in [0.1, 0.15) is 0 Å². The monoisotopic (exact) mass is 391 g/mol. The summed E-state index contributed by atoms with van der Waals surface area (Å²) in [6.07, 6.45) is -5.05. The Morgan fingerprint density at radius 2 is 1.72 bits per heavy atom. The van der Waals surface area contributed by atoms with Crippen LogP contribution >= 0.6 is 11.6 Å². The van der Waals surface area contributed by atoms with Crippen LogP contribution < -0.4 is 5.32 Å². The summed E-state index contributed by atoms with van der Waals surface area (Å²) < 4.78 is 62.5. The van der Waals surface area contributed by atoms with Crippen molar-refractivity contribution in [2.45, 2.75) is 17.5 Å². The molecular weight excluding hydrogens is 379 g/mol. The number of carbonyl (C=O) groups is 1. The maximum absolute atomic E-state index is 12.8. The summed E-state index contributed by atoms with van der Waals surface area (Å²) in [6, 6.07) is 10.5. The fourth-order valence-corrected chi connectivity index (χ4v) is 3.50. The van der Waals surface area contributed by atoms with Crippen molar-refractivity contribution in [3.63, 3.8) is 0 Å². The van der Waals surface area contributed by atoms with Crippen molar-refractivity contribution < 1.29 is 26.4 Å². The highest BCUT2D eigenvalue weighted by Gasteiger charge is 2.33. The molecule has 1 amide bonds. The van der Waals surface area contributed by atoms with Gasteiger partial charge in [0.25, 0.3) is 0 Å². The van der Waals surface area contributed by atoms with Crippen LogP contribution in [-0.4, -0.2) is 20.1 Å². The Morgan fingerprint density at radius 1 is 1.08 bits per heavy atom. The van der Waals surface area contributed by atoms with E-state index in [0.29, 0.717) is 6.07 Å².